The van der Waals surface area contributed by atoms with Gasteiger partial charge in [-0.1, -0.05) is 18.2 Å². The lowest BCUT2D eigenvalue weighted by Crippen LogP contribution is -2.20. The number of nitrogens with zero attached hydrogens (tertiary/aromatic N) is 1. The SMILES string of the molecule is CC(F)(F)COc1ccc(-c2sc3ccccc3c2Br)nc1. The topological polar surface area (TPSA) is 22.1 Å². The van der Waals surface area contributed by atoms with Gasteiger partial charge in [0.25, 0.3) is 5.92 Å². The molecule has 3 aromatic rings. The normalized spacial score (nSPS) is 11.8. The molecule has 0 atom stereocenters. The van der Waals surface area contributed by atoms with Crippen molar-refractivity contribution in [3.8, 4) is 16.3 Å². The van der Waals surface area contributed by atoms with Crippen LogP contribution in [0, 0.1) is 0 Å². The Kier molecular flexibility index (Phi) is 4.14. The third-order valence-electron chi connectivity index (χ3n) is 3.00. The van der Waals surface area contributed by atoms with Gasteiger partial charge in [-0.15, -0.1) is 11.3 Å². The first-order valence-corrected chi connectivity index (χ1v) is 8.19. The Bertz CT molecular complexity index is 796. The van der Waals surface area contributed by atoms with Crippen LogP contribution in [0.3, 0.4) is 0 Å². The molecule has 114 valence electrons. The van der Waals surface area contributed by atoms with Gasteiger partial charge in [-0.2, -0.15) is 0 Å². The molecule has 22 heavy (non-hydrogen) atoms. The van der Waals surface area contributed by atoms with E-state index in [1.54, 1.807) is 23.5 Å². The molecule has 0 saturated carbocycles. The van der Waals surface area contributed by atoms with Crippen LogP contribution in [0.2, 0.25) is 0 Å². The lowest BCUT2D eigenvalue weighted by atomic mass is 10.2. The molecular formula is C16H12BrF2NOS. The summed E-state index contributed by atoms with van der Waals surface area (Å²) in [6.45, 7) is 0.170. The number of pyridine rings is 1. The first-order chi connectivity index (χ1) is 10.4. The van der Waals surface area contributed by atoms with E-state index in [0.29, 0.717) is 5.75 Å². The van der Waals surface area contributed by atoms with Gasteiger partial charge < -0.3 is 4.74 Å². The molecule has 0 fully saturated rings. The number of rotatable bonds is 4. The predicted octanol–water partition coefficient (Wildman–Crippen LogP) is 5.76. The fraction of sp³-hybridized carbons (Fsp3) is 0.188. The van der Waals surface area contributed by atoms with Crippen molar-refractivity contribution in [2.75, 3.05) is 6.61 Å². The molecule has 0 aliphatic rings. The van der Waals surface area contributed by atoms with E-state index in [2.05, 4.69) is 27.0 Å². The van der Waals surface area contributed by atoms with Crippen molar-refractivity contribution in [1.29, 1.82) is 0 Å². The highest BCUT2D eigenvalue weighted by Gasteiger charge is 2.22. The molecule has 0 spiro atoms. The number of thiophene rings is 1. The third kappa shape index (κ3) is 3.28. The van der Waals surface area contributed by atoms with E-state index in [4.69, 9.17) is 4.74 Å². The molecule has 0 unspecified atom stereocenters. The molecule has 2 nitrogen and oxygen atoms in total. The Hall–Kier alpha value is -1.53. The monoisotopic (exact) mass is 383 g/mol. The fourth-order valence-corrected chi connectivity index (χ4v) is 3.98. The average Bonchev–Trinajstić information content (AvgIpc) is 2.83. The lowest BCUT2D eigenvalue weighted by molar-refractivity contribution is -0.0230. The molecule has 6 heteroatoms. The van der Waals surface area contributed by atoms with Crippen LogP contribution in [0.25, 0.3) is 20.7 Å². The maximum Gasteiger partial charge on any atom is 0.278 e. The second kappa shape index (κ2) is 5.93. The smallest absolute Gasteiger partial charge is 0.278 e. The summed E-state index contributed by atoms with van der Waals surface area (Å²) in [6.07, 6.45) is 1.47. The van der Waals surface area contributed by atoms with Gasteiger partial charge in [0.15, 0.2) is 6.61 Å². The molecule has 0 aliphatic carbocycles. The number of hydrogen-bond acceptors (Lipinski definition) is 3. The van der Waals surface area contributed by atoms with Gasteiger partial charge in [0, 0.05) is 21.5 Å². The lowest BCUT2D eigenvalue weighted by Gasteiger charge is -2.11. The van der Waals surface area contributed by atoms with Crippen LogP contribution >= 0.6 is 27.3 Å². The van der Waals surface area contributed by atoms with E-state index in [9.17, 15) is 8.78 Å². The molecule has 0 radical (unpaired) electrons. The molecule has 0 N–H and O–H groups in total. The van der Waals surface area contributed by atoms with Crippen LogP contribution in [0.4, 0.5) is 8.78 Å². The minimum absolute atomic E-state index is 0.336. The van der Waals surface area contributed by atoms with E-state index in [-0.39, 0.29) is 0 Å². The van der Waals surface area contributed by atoms with Gasteiger partial charge >= 0.3 is 0 Å². The zero-order valence-electron chi connectivity index (χ0n) is 11.6. The summed E-state index contributed by atoms with van der Waals surface area (Å²) in [5.74, 6) is -2.52. The zero-order valence-corrected chi connectivity index (χ0v) is 14.0. The Morgan fingerprint density at radius 1 is 1.23 bits per heavy atom. The standard InChI is InChI=1S/C16H12BrF2NOS/c1-16(18,19)9-21-10-6-7-12(20-8-10)15-14(17)11-4-2-3-5-13(11)22-15/h2-8H,9H2,1H3. The van der Waals surface area contributed by atoms with Crippen LogP contribution in [0.5, 0.6) is 5.75 Å². The Balaban J connectivity index is 1.87. The van der Waals surface area contributed by atoms with Crippen molar-refractivity contribution < 1.29 is 13.5 Å². The van der Waals surface area contributed by atoms with E-state index in [0.717, 1.165) is 32.1 Å². The summed E-state index contributed by atoms with van der Waals surface area (Å²) >= 11 is 5.23. The number of ether oxygens (including phenoxy) is 1. The first kappa shape index (κ1) is 15.4. The molecule has 2 aromatic heterocycles. The van der Waals surface area contributed by atoms with Crippen molar-refractivity contribution in [1.82, 2.24) is 4.98 Å². The Morgan fingerprint density at radius 2 is 2.00 bits per heavy atom. The van der Waals surface area contributed by atoms with E-state index < -0.39 is 12.5 Å². The summed E-state index contributed by atoms with van der Waals surface area (Å²) in [6, 6.07) is 11.5. The highest BCUT2D eigenvalue weighted by Crippen LogP contribution is 2.41. The summed E-state index contributed by atoms with van der Waals surface area (Å²) < 4.78 is 32.7. The zero-order chi connectivity index (χ0) is 15.7. The van der Waals surface area contributed by atoms with Gasteiger partial charge in [0.2, 0.25) is 0 Å². The quantitative estimate of drug-likeness (QED) is 0.571. The van der Waals surface area contributed by atoms with E-state index in [1.807, 2.05) is 18.2 Å². The average molecular weight is 384 g/mol. The Labute approximate surface area is 138 Å². The van der Waals surface area contributed by atoms with Crippen LogP contribution in [-0.2, 0) is 0 Å². The van der Waals surface area contributed by atoms with Gasteiger partial charge in [0.1, 0.15) is 5.75 Å². The maximum atomic E-state index is 12.8. The van der Waals surface area contributed by atoms with Gasteiger partial charge in [0.05, 0.1) is 16.8 Å². The second-order valence-corrected chi connectivity index (χ2v) is 6.82. The molecule has 3 rings (SSSR count). The highest BCUT2D eigenvalue weighted by atomic mass is 79.9. The van der Waals surface area contributed by atoms with Crippen LogP contribution in [-0.4, -0.2) is 17.5 Å². The molecule has 2 heterocycles. The van der Waals surface area contributed by atoms with Gasteiger partial charge in [-0.05, 0) is 34.1 Å². The predicted molar refractivity (Wildman–Crippen MR) is 88.9 cm³/mol. The number of aromatic nitrogens is 1. The molecule has 1 aromatic carbocycles. The van der Waals surface area contributed by atoms with Crippen molar-refractivity contribution in [3.63, 3.8) is 0 Å². The molecule has 0 saturated heterocycles. The maximum absolute atomic E-state index is 12.8. The molecule has 0 amide bonds. The fourth-order valence-electron chi connectivity index (χ4n) is 1.99. The largest absolute Gasteiger partial charge is 0.486 e. The number of halogens is 3. The van der Waals surface area contributed by atoms with Crippen LogP contribution in [0.1, 0.15) is 6.92 Å². The van der Waals surface area contributed by atoms with Crippen LogP contribution in [0.15, 0.2) is 47.1 Å². The summed E-state index contributed by atoms with van der Waals surface area (Å²) in [5, 5.41) is 1.13. The highest BCUT2D eigenvalue weighted by molar-refractivity contribution is 9.10. The summed E-state index contributed by atoms with van der Waals surface area (Å²) in [5.41, 5.74) is 0.781. The first-order valence-electron chi connectivity index (χ1n) is 6.58. The number of hydrogen-bond donors (Lipinski definition) is 0. The van der Waals surface area contributed by atoms with E-state index >= 15 is 0 Å². The number of alkyl halides is 2. The van der Waals surface area contributed by atoms with Crippen molar-refractivity contribution in [2.24, 2.45) is 0 Å². The summed E-state index contributed by atoms with van der Waals surface area (Å²) in [7, 11) is 0. The minimum atomic E-state index is -2.85. The number of fused-ring (bicyclic) bond motifs is 1. The second-order valence-electron chi connectivity index (χ2n) is 4.98. The van der Waals surface area contributed by atoms with Crippen LogP contribution < -0.4 is 4.74 Å². The number of benzene rings is 1. The van der Waals surface area contributed by atoms with Gasteiger partial charge in [-0.25, -0.2) is 8.78 Å². The third-order valence-corrected chi connectivity index (χ3v) is 5.28. The minimum Gasteiger partial charge on any atom is -0.486 e. The van der Waals surface area contributed by atoms with Crippen molar-refractivity contribution in [2.45, 2.75) is 12.8 Å². The van der Waals surface area contributed by atoms with Crippen molar-refractivity contribution >= 4 is 37.4 Å². The molecule has 0 bridgehead atoms. The molecular weight excluding hydrogens is 372 g/mol. The Morgan fingerprint density at radius 3 is 2.64 bits per heavy atom. The van der Waals surface area contributed by atoms with E-state index in [1.165, 1.54) is 6.20 Å². The summed E-state index contributed by atoms with van der Waals surface area (Å²) in [4.78, 5) is 5.32. The van der Waals surface area contributed by atoms with Gasteiger partial charge in [-0.3, -0.25) is 4.98 Å². The molecule has 0 aliphatic heterocycles. The van der Waals surface area contributed by atoms with Crippen molar-refractivity contribution in [3.05, 3.63) is 47.1 Å².